The molecule has 1 fully saturated rings. The monoisotopic (exact) mass is 542 g/mol. The number of benzene rings is 4. The molecule has 1 spiro atoms. The summed E-state index contributed by atoms with van der Waals surface area (Å²) in [4.78, 5) is 44.0. The van der Waals surface area contributed by atoms with Crippen LogP contribution in [0.2, 0.25) is 0 Å². The van der Waals surface area contributed by atoms with Crippen LogP contribution < -0.4 is 9.47 Å². The molecule has 0 unspecified atom stereocenters. The molecule has 7 rings (SSSR count). The van der Waals surface area contributed by atoms with E-state index in [0.29, 0.717) is 33.8 Å². The lowest BCUT2D eigenvalue weighted by Crippen LogP contribution is -2.43. The quantitative estimate of drug-likeness (QED) is 0.244. The minimum Gasteiger partial charge on any atom is -0.497 e. The van der Waals surface area contributed by atoms with Crippen LogP contribution in [-0.2, 0) is 0 Å². The second kappa shape index (κ2) is 9.27. The number of Topliss-reactive ketones (excluding diaryl/α,β-unsaturated/α-hetero) is 3. The summed E-state index contributed by atoms with van der Waals surface area (Å²) in [7, 11) is 3.14. The molecule has 0 radical (unpaired) electrons. The molecule has 7 heteroatoms. The molecule has 2 aliphatic heterocycles. The number of hydrogen-bond acceptors (Lipinski definition) is 7. The summed E-state index contributed by atoms with van der Waals surface area (Å²) in [5, 5.41) is 6.49. The van der Waals surface area contributed by atoms with Crippen molar-refractivity contribution < 1.29 is 23.9 Å². The standard InChI is InChI=1S/C34H26N2O5/c1-40-23-15-11-20(12-16-23)28-29(30(37)21-13-17-24(41-2)18-14-21)36-31(25-8-4-3-7-22(25)19-35-36)34(28)32(38)26-9-5-6-10-27(26)33(34)39/h3-19,28-29,31H,1-2H3/t28-,29-,31-/m1/s1. The largest absolute Gasteiger partial charge is 0.497 e. The third-order valence-electron chi connectivity index (χ3n) is 8.69. The van der Waals surface area contributed by atoms with Crippen LogP contribution in [-0.4, -0.2) is 48.8 Å². The minimum atomic E-state index is -1.61. The first kappa shape index (κ1) is 25.0. The van der Waals surface area contributed by atoms with Crippen molar-refractivity contribution in [1.29, 1.82) is 0 Å². The van der Waals surface area contributed by atoms with Gasteiger partial charge in [0.15, 0.2) is 17.3 Å². The Kier molecular flexibility index (Phi) is 5.64. The molecule has 3 aliphatic rings. The van der Waals surface area contributed by atoms with E-state index in [-0.39, 0.29) is 17.3 Å². The molecule has 0 bridgehead atoms. The number of hydrogen-bond donors (Lipinski definition) is 0. The van der Waals surface area contributed by atoms with Crippen molar-refractivity contribution in [1.82, 2.24) is 5.01 Å². The average molecular weight is 543 g/mol. The van der Waals surface area contributed by atoms with Gasteiger partial charge in [0.25, 0.3) is 0 Å². The number of fused-ring (bicyclic) bond motifs is 5. The van der Waals surface area contributed by atoms with Crippen molar-refractivity contribution in [3.63, 3.8) is 0 Å². The van der Waals surface area contributed by atoms with E-state index in [1.54, 1.807) is 86.1 Å². The Morgan fingerprint density at radius 1 is 0.756 bits per heavy atom. The number of ketones is 3. The van der Waals surface area contributed by atoms with Crippen molar-refractivity contribution in [2.45, 2.75) is 18.0 Å². The topological polar surface area (TPSA) is 85.3 Å². The molecule has 2 heterocycles. The number of hydrazone groups is 1. The Bertz CT molecular complexity index is 1710. The fourth-order valence-corrected chi connectivity index (χ4v) is 6.89. The number of ether oxygens (including phenoxy) is 2. The summed E-state index contributed by atoms with van der Waals surface area (Å²) in [6.07, 6.45) is 1.71. The fraction of sp³-hybridized carbons (Fsp3) is 0.176. The highest BCUT2D eigenvalue weighted by atomic mass is 16.5. The second-order valence-corrected chi connectivity index (χ2v) is 10.5. The Hall–Kier alpha value is -5.04. The Morgan fingerprint density at radius 2 is 1.32 bits per heavy atom. The molecular formula is C34H26N2O5. The predicted molar refractivity (Wildman–Crippen MR) is 153 cm³/mol. The Morgan fingerprint density at radius 3 is 1.93 bits per heavy atom. The van der Waals surface area contributed by atoms with Gasteiger partial charge in [-0.25, -0.2) is 0 Å². The van der Waals surface area contributed by atoms with Crippen LogP contribution in [0.4, 0.5) is 0 Å². The van der Waals surface area contributed by atoms with E-state index in [0.717, 1.165) is 11.1 Å². The lowest BCUT2D eigenvalue weighted by Gasteiger charge is -2.36. The molecule has 0 amide bonds. The van der Waals surface area contributed by atoms with E-state index in [2.05, 4.69) is 0 Å². The molecule has 4 aromatic rings. The van der Waals surface area contributed by atoms with Crippen LogP contribution in [0.25, 0.3) is 0 Å². The van der Waals surface area contributed by atoms with Crippen LogP contribution in [0.5, 0.6) is 11.5 Å². The van der Waals surface area contributed by atoms with Gasteiger partial charge in [0, 0.05) is 22.6 Å². The smallest absolute Gasteiger partial charge is 0.187 e. The molecule has 0 saturated carbocycles. The third-order valence-corrected chi connectivity index (χ3v) is 8.69. The van der Waals surface area contributed by atoms with Crippen molar-refractivity contribution in [3.05, 3.63) is 130 Å². The van der Waals surface area contributed by atoms with E-state index in [4.69, 9.17) is 14.6 Å². The fourth-order valence-electron chi connectivity index (χ4n) is 6.89. The highest BCUT2D eigenvalue weighted by molar-refractivity contribution is 6.31. The summed E-state index contributed by atoms with van der Waals surface area (Å²) in [6.45, 7) is 0. The zero-order valence-corrected chi connectivity index (χ0v) is 22.5. The van der Waals surface area contributed by atoms with Crippen LogP contribution in [0.15, 0.2) is 102 Å². The normalized spacial score (nSPS) is 21.4. The molecule has 1 saturated heterocycles. The first-order valence-electron chi connectivity index (χ1n) is 13.4. The molecule has 0 N–H and O–H groups in total. The molecular weight excluding hydrogens is 516 g/mol. The van der Waals surface area contributed by atoms with E-state index in [9.17, 15) is 14.4 Å². The number of carbonyl (C=O) groups is 3. The zero-order valence-electron chi connectivity index (χ0n) is 22.5. The van der Waals surface area contributed by atoms with Crippen molar-refractivity contribution in [3.8, 4) is 11.5 Å². The van der Waals surface area contributed by atoms with E-state index >= 15 is 0 Å². The predicted octanol–water partition coefficient (Wildman–Crippen LogP) is 5.51. The number of carbonyl (C=O) groups excluding carboxylic acids is 3. The van der Waals surface area contributed by atoms with Gasteiger partial charge in [-0.1, -0.05) is 60.7 Å². The van der Waals surface area contributed by atoms with Gasteiger partial charge in [0.05, 0.1) is 26.5 Å². The maximum atomic E-state index is 14.7. The van der Waals surface area contributed by atoms with Crippen LogP contribution in [0, 0.1) is 5.41 Å². The van der Waals surface area contributed by atoms with Gasteiger partial charge in [-0.3, -0.25) is 19.4 Å². The molecule has 4 aromatic carbocycles. The number of nitrogens with zero attached hydrogens (tertiary/aromatic N) is 2. The van der Waals surface area contributed by atoms with Crippen molar-refractivity contribution in [2.24, 2.45) is 10.5 Å². The minimum absolute atomic E-state index is 0.233. The van der Waals surface area contributed by atoms with E-state index in [1.165, 1.54) is 0 Å². The van der Waals surface area contributed by atoms with E-state index in [1.807, 2.05) is 36.4 Å². The van der Waals surface area contributed by atoms with Crippen LogP contribution in [0.3, 0.4) is 0 Å². The van der Waals surface area contributed by atoms with Gasteiger partial charge in [-0.05, 0) is 53.1 Å². The Labute approximate surface area is 237 Å². The molecule has 3 atom stereocenters. The number of rotatable bonds is 5. The summed E-state index contributed by atoms with van der Waals surface area (Å²) < 4.78 is 10.7. The molecule has 1 aliphatic carbocycles. The molecule has 7 nitrogen and oxygen atoms in total. The van der Waals surface area contributed by atoms with Gasteiger partial charge in [0.2, 0.25) is 0 Å². The third kappa shape index (κ3) is 3.38. The van der Waals surface area contributed by atoms with Crippen LogP contribution in [0.1, 0.15) is 59.7 Å². The highest BCUT2D eigenvalue weighted by Crippen LogP contribution is 2.64. The van der Waals surface area contributed by atoms with Gasteiger partial charge >= 0.3 is 0 Å². The lowest BCUT2D eigenvalue weighted by molar-refractivity contribution is 0.0586. The first-order chi connectivity index (χ1) is 20.0. The lowest BCUT2D eigenvalue weighted by atomic mass is 9.63. The van der Waals surface area contributed by atoms with Crippen molar-refractivity contribution in [2.75, 3.05) is 14.2 Å². The average Bonchev–Trinajstić information content (AvgIpc) is 3.47. The van der Waals surface area contributed by atoms with Gasteiger partial charge < -0.3 is 9.47 Å². The van der Waals surface area contributed by atoms with Gasteiger partial charge in [-0.15, -0.1) is 0 Å². The first-order valence-corrected chi connectivity index (χ1v) is 13.4. The van der Waals surface area contributed by atoms with E-state index < -0.39 is 23.4 Å². The Balaban J connectivity index is 1.52. The number of methoxy groups -OCH3 is 2. The maximum absolute atomic E-state index is 14.7. The van der Waals surface area contributed by atoms with Crippen molar-refractivity contribution >= 4 is 23.6 Å². The molecule has 41 heavy (non-hydrogen) atoms. The second-order valence-electron chi connectivity index (χ2n) is 10.5. The molecule has 202 valence electrons. The molecule has 0 aromatic heterocycles. The maximum Gasteiger partial charge on any atom is 0.187 e. The highest BCUT2D eigenvalue weighted by Gasteiger charge is 2.72. The SMILES string of the molecule is COc1ccc(C(=O)[C@H]2[C@@H](c3ccc(OC)cc3)C3(C(=O)c4ccccc4C3=O)[C@H]3c4ccccc4C=NN23)cc1. The van der Waals surface area contributed by atoms with Crippen LogP contribution >= 0.6 is 0 Å². The van der Waals surface area contributed by atoms with Gasteiger partial charge in [-0.2, -0.15) is 5.10 Å². The summed E-state index contributed by atoms with van der Waals surface area (Å²) in [5.74, 6) is -0.383. The summed E-state index contributed by atoms with van der Waals surface area (Å²) in [5.41, 5.74) is 1.88. The summed E-state index contributed by atoms with van der Waals surface area (Å²) in [6, 6.07) is 27.0. The summed E-state index contributed by atoms with van der Waals surface area (Å²) >= 11 is 0. The zero-order chi connectivity index (χ0) is 28.3. The van der Waals surface area contributed by atoms with Gasteiger partial charge in [0.1, 0.15) is 23.0 Å².